The topological polar surface area (TPSA) is 324 Å². The number of nitrogens with zero attached hydrogens (tertiary/aromatic N) is 1. The number of hydrogen-bond acceptors (Lipinski definition) is 25. The summed E-state index contributed by atoms with van der Waals surface area (Å²) in [5.74, 6) is 11.4. The van der Waals surface area contributed by atoms with Gasteiger partial charge < -0.3 is 92.8 Å². The van der Waals surface area contributed by atoms with E-state index < -0.39 is 121 Å². The number of aliphatic hydroxyl groups is 6. The number of halogens is 1. The van der Waals surface area contributed by atoms with Gasteiger partial charge in [0.25, 0.3) is 0 Å². The van der Waals surface area contributed by atoms with Crippen molar-refractivity contribution >= 4 is 72.5 Å². The molecule has 88 heavy (non-hydrogen) atoms. The number of hydroxylamine groups is 1. The van der Waals surface area contributed by atoms with Crippen LogP contribution >= 0.6 is 55.5 Å². The first-order valence-corrected chi connectivity index (χ1v) is 32.7. The zero-order chi connectivity index (χ0) is 63.6. The van der Waals surface area contributed by atoms with Crippen LogP contribution in [-0.2, 0) is 52.3 Å². The molecule has 5 heterocycles. The number of hydrogen-bond donors (Lipinski definition) is 10. The van der Waals surface area contributed by atoms with Gasteiger partial charge in [-0.05, 0) is 97.5 Å². The van der Waals surface area contributed by atoms with Gasteiger partial charge in [-0.1, -0.05) is 53.5 Å². The molecule has 4 saturated heterocycles. The molecule has 8 rings (SSSR count). The number of aliphatic hydroxyl groups excluding tert-OH is 5. The zero-order valence-electron chi connectivity index (χ0n) is 50.1. The van der Waals surface area contributed by atoms with E-state index in [0.717, 1.165) is 12.1 Å². The predicted molar refractivity (Wildman–Crippen MR) is 332 cm³/mol. The molecule has 2 aliphatic carbocycles. The highest BCUT2D eigenvalue weighted by Gasteiger charge is 2.52. The number of thiol groups is 1. The van der Waals surface area contributed by atoms with Crippen LogP contribution in [0.3, 0.4) is 0 Å². The summed E-state index contributed by atoms with van der Waals surface area (Å²) in [6, 6.07) is 4.22. The van der Waals surface area contributed by atoms with E-state index in [1.807, 2.05) is 41.6 Å². The molecule has 2 aromatic rings. The number of allylic oxidation sites excluding steroid dienone is 3. The molecule has 2 bridgehead atoms. The molecule has 0 spiro atoms. The first-order chi connectivity index (χ1) is 42.2. The number of carbonyl (C=O) groups excluding carboxylic acids is 2. The maximum atomic E-state index is 14.2. The number of methoxy groups -OCH3 is 5. The Bertz CT molecular complexity index is 3020. The molecule has 0 radical (unpaired) electrons. The van der Waals surface area contributed by atoms with Crippen molar-refractivity contribution in [2.45, 2.75) is 174 Å². The minimum atomic E-state index is -2.10. The maximum absolute atomic E-state index is 14.2. The van der Waals surface area contributed by atoms with Crippen molar-refractivity contribution in [2.75, 3.05) is 54.5 Å². The average Bonchev–Trinajstić information content (AvgIpc) is 2.97. The summed E-state index contributed by atoms with van der Waals surface area (Å²) in [7, 11) is 9.62. The number of amides is 1. The van der Waals surface area contributed by atoms with E-state index in [2.05, 4.69) is 44.8 Å². The SMILES string of the molecule is CCN[C@H]1CO[C@@H](O[C@H]2[C@H](O[C@H]3C#CC=CC#C[C@]4(O)CC(=O)C(NC(=O)OC)=C3/C4=C\CSSc3ccccn3)O[C@H](C)[C@@H](NO[C@H]3C[C@H](O)[C@H]([SH]=C(O)c4c(C)c(I)c(O[C@@H]5O[C@@H](C)[C@H](O)[C@@H](OC)[C@H]5O)c(OC)c4OC)[C@@H](C)O3)[C@@H]2O)C[C@@H]1OC. The highest BCUT2D eigenvalue weighted by atomic mass is 127. The number of ketones is 1. The summed E-state index contributed by atoms with van der Waals surface area (Å²) in [6.07, 6.45) is -12.1. The fourth-order valence-electron chi connectivity index (χ4n) is 11.0. The van der Waals surface area contributed by atoms with Crippen LogP contribution in [0.2, 0.25) is 0 Å². The normalized spacial score (nSPS) is 34.8. The largest absolute Gasteiger partial charge is 0.492 e. The highest BCUT2D eigenvalue weighted by Crippen LogP contribution is 2.48. The summed E-state index contributed by atoms with van der Waals surface area (Å²) in [6.45, 7) is 9.50. The van der Waals surface area contributed by atoms with Crippen molar-refractivity contribution in [3.8, 4) is 40.9 Å². The zero-order valence-corrected chi connectivity index (χ0v) is 54.8. The number of fused-ring (bicyclic) bond motifs is 2. The van der Waals surface area contributed by atoms with Gasteiger partial charge in [-0.15, -0.1) is 0 Å². The van der Waals surface area contributed by atoms with Gasteiger partial charge in [0.05, 0.1) is 97.0 Å². The summed E-state index contributed by atoms with van der Waals surface area (Å²) in [5.41, 5.74) is 1.40. The molecule has 29 heteroatoms. The third-order valence-electron chi connectivity index (χ3n) is 15.5. The second-order valence-corrected chi connectivity index (χ2v) is 25.9. The van der Waals surface area contributed by atoms with Crippen molar-refractivity contribution in [3.63, 3.8) is 0 Å². The minimum Gasteiger partial charge on any atom is -0.492 e. The number of aromatic nitrogens is 1. The first kappa shape index (κ1) is 69.9. The van der Waals surface area contributed by atoms with Crippen LogP contribution in [0.25, 0.3) is 0 Å². The lowest BCUT2D eigenvalue weighted by Crippen LogP contribution is -2.65. The van der Waals surface area contributed by atoms with Crippen LogP contribution in [0.15, 0.2) is 64.5 Å². The van der Waals surface area contributed by atoms with Crippen LogP contribution < -0.4 is 30.3 Å². The summed E-state index contributed by atoms with van der Waals surface area (Å²) in [4.78, 5) is 37.8. The molecule has 1 amide bonds. The van der Waals surface area contributed by atoms with Crippen molar-refractivity contribution in [2.24, 2.45) is 0 Å². The summed E-state index contributed by atoms with van der Waals surface area (Å²) in [5, 5.41) is 76.2. The second kappa shape index (κ2) is 32.0. The molecule has 25 nitrogen and oxygen atoms in total. The molecule has 4 aliphatic heterocycles. The van der Waals surface area contributed by atoms with E-state index in [1.165, 1.54) is 55.1 Å². The van der Waals surface area contributed by atoms with Gasteiger partial charge in [0.1, 0.15) is 46.7 Å². The number of alkyl carbamates (subject to hydrolysis) is 1. The van der Waals surface area contributed by atoms with Crippen LogP contribution in [0.1, 0.15) is 58.1 Å². The monoisotopic (exact) mass is 1400 g/mol. The highest BCUT2D eigenvalue weighted by molar-refractivity contribution is 14.1. The van der Waals surface area contributed by atoms with Gasteiger partial charge in [-0.3, -0.25) is 14.9 Å². The Labute approximate surface area is 536 Å². The lowest BCUT2D eigenvalue weighted by molar-refractivity contribution is -0.336. The molecule has 1 aromatic heterocycles. The standard InChI is InChI=1S/C59H77IN4O21S3/c1-11-61-33-27-78-39(25-37(33)73-6)83-52-47(68)44(29(3)80-57(52)82-36-18-14-12-13-16-21-59(72)26-35(66)45(63-58(71)77-10)42(36)32(59)20-23-86-88-38-19-15-17-22-62-38)64-85-40-24-34(65)54(31(5)79-40)87-55(70)41-28(2)43(60)50(53(76-9)49(41)74-7)84-56-48(69)51(75-8)46(67)30(4)81-56/h12-13,15,17,19-20,22,29-31,33-34,36-37,39-40,44,46-48,51-52,54,56-57,61,64-65,67-70,72,87H,11,23-27H2,1-10H3,(H,63,71)/b13-12?,32-20+/t29-,30+,31-,33+,34+,36+,37+,39+,40+,44-,46+,47+,48-,51-,52-,54-,56+,57+,59+/m1/s1. The molecule has 19 atom stereocenters. The first-order valence-electron chi connectivity index (χ1n) is 28.3. The number of Topliss-reactive ketones (excluding diaryl/α,β-unsaturated/α-hetero) is 1. The van der Waals surface area contributed by atoms with Crippen molar-refractivity contribution < 1.29 is 102 Å². The second-order valence-electron chi connectivity index (χ2n) is 21.2. The van der Waals surface area contributed by atoms with Crippen molar-refractivity contribution in [1.29, 1.82) is 0 Å². The molecule has 6 aliphatic rings. The number of nitrogens with one attached hydrogen (secondary N) is 3. The van der Waals surface area contributed by atoms with Gasteiger partial charge in [0.2, 0.25) is 12.0 Å². The van der Waals surface area contributed by atoms with Gasteiger partial charge in [-0.25, -0.2) is 9.78 Å². The Morgan fingerprint density at radius 1 is 0.909 bits per heavy atom. The van der Waals surface area contributed by atoms with Gasteiger partial charge >= 0.3 is 6.09 Å². The van der Waals surface area contributed by atoms with E-state index in [4.69, 9.17) is 61.7 Å². The Hall–Kier alpha value is -3.98. The van der Waals surface area contributed by atoms with E-state index in [-0.39, 0.29) is 93.4 Å². The van der Waals surface area contributed by atoms with E-state index in [1.54, 1.807) is 53.1 Å². The van der Waals surface area contributed by atoms with Crippen LogP contribution in [0.5, 0.6) is 17.2 Å². The van der Waals surface area contributed by atoms with E-state index in [0.29, 0.717) is 15.7 Å². The minimum absolute atomic E-state index is 0.0395. The van der Waals surface area contributed by atoms with Crippen LogP contribution in [0, 0.1) is 34.2 Å². The summed E-state index contributed by atoms with van der Waals surface area (Å²) >= 11 is 2.28. The fourth-order valence-corrected chi connectivity index (χ4v) is 14.6. The van der Waals surface area contributed by atoms with Gasteiger partial charge in [0, 0.05) is 50.2 Å². The third kappa shape index (κ3) is 16.1. The van der Waals surface area contributed by atoms with E-state index >= 15 is 0 Å². The molecule has 4 fully saturated rings. The Morgan fingerprint density at radius 2 is 1.66 bits per heavy atom. The number of rotatable bonds is 22. The smallest absolute Gasteiger partial charge is 0.411 e. The Kier molecular flexibility index (Phi) is 25.5. The molecule has 484 valence electrons. The number of carbonyl (C=O) groups is 2. The molecule has 0 saturated carbocycles. The molecule has 9 N–H and O–H groups in total. The lowest BCUT2D eigenvalue weighted by Gasteiger charge is -2.46. The van der Waals surface area contributed by atoms with Crippen LogP contribution in [0.4, 0.5) is 4.79 Å². The third-order valence-corrected chi connectivity index (χ3v) is 20.4. The number of ether oxygens (including phenoxy) is 12. The number of pyridine rings is 1. The molecular formula is C59H77IN4O21S3. The molecule has 0 unspecified atom stereocenters. The number of benzene rings is 1. The Balaban J connectivity index is 1.04. The molecular weight excluding hydrogens is 1320 g/mol. The maximum Gasteiger partial charge on any atom is 0.411 e. The van der Waals surface area contributed by atoms with Crippen molar-refractivity contribution in [1.82, 2.24) is 21.1 Å². The van der Waals surface area contributed by atoms with Crippen LogP contribution in [-0.4, -0.2) is 222 Å². The number of likely N-dealkylation sites (N-methyl/N-ethyl adjacent to an activating group) is 1. The Morgan fingerprint density at radius 3 is 2.34 bits per heavy atom. The fraction of sp³-hybridized carbons (Fsp3) is 0.593. The molecule has 1 aromatic carbocycles. The quantitative estimate of drug-likeness (QED) is 0.0154. The predicted octanol–water partition coefficient (Wildman–Crippen LogP) is 3.00. The van der Waals surface area contributed by atoms with Gasteiger partial charge in [0.15, 0.2) is 41.8 Å². The van der Waals surface area contributed by atoms with Crippen molar-refractivity contribution in [3.05, 3.63) is 74.2 Å². The average molecular weight is 1400 g/mol. The summed E-state index contributed by atoms with van der Waals surface area (Å²) < 4.78 is 73.0. The van der Waals surface area contributed by atoms with E-state index in [9.17, 15) is 40.2 Å². The van der Waals surface area contributed by atoms with Gasteiger partial charge in [-0.2, -0.15) is 16.8 Å². The lowest BCUT2D eigenvalue weighted by atomic mass is 9.75.